The first-order valence-electron chi connectivity index (χ1n) is 8.67. The lowest BCUT2D eigenvalue weighted by atomic mass is 10.1. The van der Waals surface area contributed by atoms with Gasteiger partial charge in [-0.25, -0.2) is 0 Å². The van der Waals surface area contributed by atoms with Crippen LogP contribution in [0, 0.1) is 6.92 Å². The fraction of sp³-hybridized carbons (Fsp3) is 0.238. The van der Waals surface area contributed by atoms with Gasteiger partial charge in [-0.3, -0.25) is 9.59 Å². The molecule has 0 aliphatic heterocycles. The highest BCUT2D eigenvalue weighted by molar-refractivity contribution is 6.02. The monoisotopic (exact) mass is 368 g/mol. The number of amides is 2. The van der Waals surface area contributed by atoms with Gasteiger partial charge in [-0.1, -0.05) is 36.4 Å². The maximum atomic E-state index is 12.1. The third kappa shape index (κ3) is 6.60. The number of hydrogen-bond acceptors (Lipinski definition) is 4. The number of carbonyl (C=O) groups excluding carboxylic acids is 2. The van der Waals surface area contributed by atoms with Gasteiger partial charge in [0, 0.05) is 18.5 Å². The van der Waals surface area contributed by atoms with Gasteiger partial charge in [0.2, 0.25) is 0 Å². The predicted octanol–water partition coefficient (Wildman–Crippen LogP) is 1.97. The second-order valence-corrected chi connectivity index (χ2v) is 6.02. The number of nitrogens with one attached hydrogen (secondary N) is 2. The van der Waals surface area contributed by atoms with Crippen molar-refractivity contribution in [2.45, 2.75) is 13.3 Å². The van der Waals surface area contributed by atoms with Crippen LogP contribution < -0.4 is 15.4 Å². The van der Waals surface area contributed by atoms with Crippen LogP contribution in [0.25, 0.3) is 0 Å². The summed E-state index contributed by atoms with van der Waals surface area (Å²) < 4.78 is 5.70. The Kier molecular flexibility index (Phi) is 7.58. The Hall–Kier alpha value is -3.12. The molecule has 0 spiro atoms. The van der Waals surface area contributed by atoms with Crippen LogP contribution in [-0.4, -0.2) is 36.7 Å². The lowest BCUT2D eigenvalue weighted by molar-refractivity contribution is -0.117. The van der Waals surface area contributed by atoms with Crippen LogP contribution in [-0.2, 0) is 11.2 Å². The summed E-state index contributed by atoms with van der Waals surface area (Å²) in [5.41, 5.74) is 2.74. The molecule has 2 aromatic carbocycles. The summed E-state index contributed by atoms with van der Waals surface area (Å²) in [4.78, 5) is 23.7. The Morgan fingerprint density at radius 2 is 1.74 bits per heavy atom. The van der Waals surface area contributed by atoms with Crippen molar-refractivity contribution in [3.63, 3.8) is 0 Å². The third-order valence-corrected chi connectivity index (χ3v) is 3.83. The van der Waals surface area contributed by atoms with Crippen molar-refractivity contribution in [2.75, 3.05) is 19.8 Å². The van der Waals surface area contributed by atoms with Gasteiger partial charge in [0.1, 0.15) is 5.75 Å². The topological polar surface area (TPSA) is 87.7 Å². The fourth-order valence-electron chi connectivity index (χ4n) is 2.29. The number of benzene rings is 2. The molecule has 0 bridgehead atoms. The first-order valence-corrected chi connectivity index (χ1v) is 8.67. The average molecular weight is 368 g/mol. The summed E-state index contributed by atoms with van der Waals surface area (Å²) in [6, 6.07) is 15.0. The second kappa shape index (κ2) is 10.1. The number of ether oxygens (including phenoxy) is 1. The summed E-state index contributed by atoms with van der Waals surface area (Å²) in [5.74, 6) is -0.308. The summed E-state index contributed by atoms with van der Waals surface area (Å²) in [6.07, 6.45) is 0.797. The van der Waals surface area contributed by atoms with Crippen molar-refractivity contribution >= 4 is 11.8 Å². The molecule has 0 aliphatic rings. The Morgan fingerprint density at radius 1 is 1.07 bits per heavy atom. The number of aliphatic hydroxyl groups is 1. The minimum absolute atomic E-state index is 0.0770. The van der Waals surface area contributed by atoms with Crippen LogP contribution in [0.5, 0.6) is 5.75 Å². The predicted molar refractivity (Wildman–Crippen MR) is 104 cm³/mol. The highest BCUT2D eigenvalue weighted by Crippen LogP contribution is 2.13. The molecule has 0 unspecified atom stereocenters. The molecular weight excluding hydrogens is 344 g/mol. The minimum atomic E-state index is -0.534. The molecule has 0 saturated carbocycles. The van der Waals surface area contributed by atoms with Gasteiger partial charge in [0.05, 0.1) is 18.9 Å². The van der Waals surface area contributed by atoms with E-state index in [9.17, 15) is 9.59 Å². The van der Waals surface area contributed by atoms with E-state index >= 15 is 0 Å². The van der Waals surface area contributed by atoms with Gasteiger partial charge < -0.3 is 20.5 Å². The quantitative estimate of drug-likeness (QED) is 0.591. The maximum absolute atomic E-state index is 12.1. The van der Waals surface area contributed by atoms with Crippen LogP contribution in [0.3, 0.4) is 0 Å². The van der Waals surface area contributed by atoms with E-state index < -0.39 is 11.8 Å². The van der Waals surface area contributed by atoms with E-state index in [2.05, 4.69) is 48.4 Å². The number of hydrogen-bond donors (Lipinski definition) is 3. The first-order chi connectivity index (χ1) is 13.0. The third-order valence-electron chi connectivity index (χ3n) is 3.83. The SMILES string of the molecule is C=C(NC(=O)c1ccc(OCCc2ccc(C)cc2)cc1)C(=O)NCCO. The Balaban J connectivity index is 1.81. The molecule has 3 N–H and O–H groups in total. The standard InChI is InChI=1S/C21H24N2O4/c1-15-3-5-17(6-4-15)11-14-27-19-9-7-18(8-10-19)21(26)23-16(2)20(25)22-12-13-24/h3-10,24H,2,11-14H2,1H3,(H,22,25)(H,23,26). The minimum Gasteiger partial charge on any atom is -0.493 e. The van der Waals surface area contributed by atoms with Crippen molar-refractivity contribution in [1.82, 2.24) is 10.6 Å². The molecule has 142 valence electrons. The van der Waals surface area contributed by atoms with E-state index in [0.717, 1.165) is 6.42 Å². The number of carbonyl (C=O) groups is 2. The number of rotatable bonds is 9. The second-order valence-electron chi connectivity index (χ2n) is 6.02. The van der Waals surface area contributed by atoms with Gasteiger partial charge in [-0.15, -0.1) is 0 Å². The molecule has 0 aromatic heterocycles. The van der Waals surface area contributed by atoms with Crippen LogP contribution in [0.1, 0.15) is 21.5 Å². The van der Waals surface area contributed by atoms with E-state index in [-0.39, 0.29) is 18.8 Å². The van der Waals surface area contributed by atoms with Crippen molar-refractivity contribution in [3.05, 3.63) is 77.5 Å². The zero-order valence-electron chi connectivity index (χ0n) is 15.3. The van der Waals surface area contributed by atoms with Crippen molar-refractivity contribution in [3.8, 4) is 5.75 Å². The molecule has 2 aromatic rings. The van der Waals surface area contributed by atoms with Gasteiger partial charge in [-0.2, -0.15) is 0 Å². The lowest BCUT2D eigenvalue weighted by Gasteiger charge is -2.10. The molecule has 0 fully saturated rings. The Labute approximate surface area is 158 Å². The smallest absolute Gasteiger partial charge is 0.267 e. The molecule has 6 nitrogen and oxygen atoms in total. The zero-order valence-corrected chi connectivity index (χ0v) is 15.3. The van der Waals surface area contributed by atoms with E-state index in [0.29, 0.717) is 17.9 Å². The van der Waals surface area contributed by atoms with Crippen LogP contribution >= 0.6 is 0 Å². The molecule has 0 heterocycles. The highest BCUT2D eigenvalue weighted by atomic mass is 16.5. The fourth-order valence-corrected chi connectivity index (χ4v) is 2.29. The molecule has 27 heavy (non-hydrogen) atoms. The maximum Gasteiger partial charge on any atom is 0.267 e. The molecule has 0 atom stereocenters. The lowest BCUT2D eigenvalue weighted by Crippen LogP contribution is -2.35. The Bertz CT molecular complexity index is 783. The number of aryl methyl sites for hydroxylation is 1. The summed E-state index contributed by atoms with van der Waals surface area (Å²) in [6.45, 7) is 6.02. The van der Waals surface area contributed by atoms with Crippen molar-refractivity contribution < 1.29 is 19.4 Å². The van der Waals surface area contributed by atoms with Crippen LogP contribution in [0.15, 0.2) is 60.8 Å². The van der Waals surface area contributed by atoms with Gasteiger partial charge in [0.15, 0.2) is 0 Å². The van der Waals surface area contributed by atoms with E-state index in [1.807, 2.05) is 0 Å². The normalized spacial score (nSPS) is 10.1. The van der Waals surface area contributed by atoms with Gasteiger partial charge in [0.25, 0.3) is 11.8 Å². The first kappa shape index (κ1) is 20.2. The van der Waals surface area contributed by atoms with Gasteiger partial charge in [-0.05, 0) is 36.8 Å². The molecule has 6 heteroatoms. The largest absolute Gasteiger partial charge is 0.493 e. The van der Waals surface area contributed by atoms with E-state index in [1.54, 1.807) is 24.3 Å². The Morgan fingerprint density at radius 3 is 2.37 bits per heavy atom. The van der Waals surface area contributed by atoms with Crippen molar-refractivity contribution in [2.24, 2.45) is 0 Å². The van der Waals surface area contributed by atoms with Crippen LogP contribution in [0.2, 0.25) is 0 Å². The average Bonchev–Trinajstić information content (AvgIpc) is 2.68. The molecule has 2 rings (SSSR count). The van der Waals surface area contributed by atoms with E-state index in [1.165, 1.54) is 11.1 Å². The highest BCUT2D eigenvalue weighted by Gasteiger charge is 2.12. The van der Waals surface area contributed by atoms with Crippen LogP contribution in [0.4, 0.5) is 0 Å². The molecular formula is C21H24N2O4. The molecule has 0 saturated heterocycles. The zero-order chi connectivity index (χ0) is 19.6. The summed E-state index contributed by atoms with van der Waals surface area (Å²) in [7, 11) is 0. The van der Waals surface area contributed by atoms with E-state index in [4.69, 9.17) is 9.84 Å². The molecule has 0 radical (unpaired) electrons. The molecule has 0 aliphatic carbocycles. The summed E-state index contributed by atoms with van der Waals surface area (Å²) >= 11 is 0. The van der Waals surface area contributed by atoms with Gasteiger partial charge >= 0.3 is 0 Å². The molecule has 2 amide bonds. The summed E-state index contributed by atoms with van der Waals surface area (Å²) in [5, 5.41) is 13.5. The van der Waals surface area contributed by atoms with Crippen molar-refractivity contribution in [1.29, 1.82) is 0 Å². The number of aliphatic hydroxyl groups excluding tert-OH is 1.